The summed E-state index contributed by atoms with van der Waals surface area (Å²) in [4.78, 5) is 11.6. The Labute approximate surface area is 157 Å². The molecule has 3 N–H and O–H groups in total. The third-order valence-corrected chi connectivity index (χ3v) is 9.72. The summed E-state index contributed by atoms with van der Waals surface area (Å²) in [6.07, 6.45) is 7.42. The Bertz CT molecular complexity index is 576. The molecule has 4 nitrogen and oxygen atoms in total. The summed E-state index contributed by atoms with van der Waals surface area (Å²) in [5, 5.41) is 30.9. The van der Waals surface area contributed by atoms with Crippen molar-refractivity contribution in [1.29, 1.82) is 0 Å². The molecule has 4 aliphatic rings. The molecule has 0 aromatic heterocycles. The van der Waals surface area contributed by atoms with E-state index in [4.69, 9.17) is 0 Å². The molecule has 4 rings (SSSR count). The Morgan fingerprint density at radius 3 is 2.31 bits per heavy atom. The second kappa shape index (κ2) is 6.20. The lowest BCUT2D eigenvalue weighted by Crippen LogP contribution is -2.58. The fraction of sp³-hybridized carbons (Fsp3) is 0.955. The van der Waals surface area contributed by atoms with Crippen LogP contribution in [0.25, 0.3) is 0 Å². The molecule has 0 saturated heterocycles. The topological polar surface area (TPSA) is 77.8 Å². The average Bonchev–Trinajstić information content (AvgIpc) is 2.93. The lowest BCUT2D eigenvalue weighted by Gasteiger charge is -2.62. The first-order valence-corrected chi connectivity index (χ1v) is 10.8. The van der Waals surface area contributed by atoms with Crippen LogP contribution in [-0.2, 0) is 4.79 Å². The molecule has 0 spiro atoms. The van der Waals surface area contributed by atoms with Crippen molar-refractivity contribution >= 4 is 5.97 Å². The van der Waals surface area contributed by atoms with Crippen molar-refractivity contribution in [3.63, 3.8) is 0 Å². The maximum atomic E-state index is 11.6. The monoisotopic (exact) mass is 364 g/mol. The van der Waals surface area contributed by atoms with Crippen LogP contribution in [0.4, 0.5) is 0 Å². The van der Waals surface area contributed by atoms with Gasteiger partial charge in [0.15, 0.2) is 0 Å². The third kappa shape index (κ3) is 2.51. The van der Waals surface area contributed by atoms with Gasteiger partial charge < -0.3 is 15.3 Å². The summed E-state index contributed by atoms with van der Waals surface area (Å²) in [5.74, 6) is 0.996. The predicted molar refractivity (Wildman–Crippen MR) is 99.4 cm³/mol. The van der Waals surface area contributed by atoms with E-state index in [0.717, 1.165) is 51.4 Å². The number of aliphatic hydroxyl groups excluding tert-OH is 2. The van der Waals surface area contributed by atoms with E-state index < -0.39 is 5.97 Å². The Balaban J connectivity index is 1.64. The second-order valence-corrected chi connectivity index (χ2v) is 10.6. The molecule has 4 aliphatic carbocycles. The minimum absolute atomic E-state index is 0.0529. The van der Waals surface area contributed by atoms with Crippen LogP contribution in [0.2, 0.25) is 0 Å². The number of carboxylic acids is 1. The molecule has 0 amide bonds. The number of aliphatic carboxylic acids is 1. The molecular weight excluding hydrogens is 328 g/mol. The fourth-order valence-electron chi connectivity index (χ4n) is 8.23. The van der Waals surface area contributed by atoms with Crippen LogP contribution in [0.5, 0.6) is 0 Å². The van der Waals surface area contributed by atoms with Crippen LogP contribution in [0, 0.1) is 46.3 Å². The van der Waals surface area contributed by atoms with Crippen LogP contribution in [-0.4, -0.2) is 33.5 Å². The molecule has 0 bridgehead atoms. The lowest BCUT2D eigenvalue weighted by atomic mass is 9.43. The third-order valence-electron chi connectivity index (χ3n) is 9.72. The van der Waals surface area contributed by atoms with Gasteiger partial charge in [0.1, 0.15) is 0 Å². The van der Waals surface area contributed by atoms with Crippen molar-refractivity contribution in [3.05, 3.63) is 0 Å². The lowest BCUT2D eigenvalue weighted by molar-refractivity contribution is -0.176. The minimum Gasteiger partial charge on any atom is -0.481 e. The number of hydrogen-bond acceptors (Lipinski definition) is 3. The molecule has 0 heterocycles. The largest absolute Gasteiger partial charge is 0.481 e. The molecule has 10 atom stereocenters. The van der Waals surface area contributed by atoms with E-state index in [1.54, 1.807) is 0 Å². The molecule has 0 aromatic carbocycles. The van der Waals surface area contributed by atoms with Gasteiger partial charge in [-0.3, -0.25) is 4.79 Å². The number of rotatable bonds is 2. The van der Waals surface area contributed by atoms with Gasteiger partial charge in [-0.1, -0.05) is 20.8 Å². The van der Waals surface area contributed by atoms with Gasteiger partial charge in [0, 0.05) is 0 Å². The number of carbonyl (C=O) groups is 1. The van der Waals surface area contributed by atoms with E-state index in [2.05, 4.69) is 13.8 Å². The van der Waals surface area contributed by atoms with E-state index in [9.17, 15) is 20.1 Å². The van der Waals surface area contributed by atoms with E-state index in [0.29, 0.717) is 23.7 Å². The molecule has 0 aliphatic heterocycles. The molecule has 0 unspecified atom stereocenters. The zero-order valence-electron chi connectivity index (χ0n) is 16.5. The van der Waals surface area contributed by atoms with Crippen LogP contribution < -0.4 is 0 Å². The van der Waals surface area contributed by atoms with Crippen LogP contribution >= 0.6 is 0 Å². The average molecular weight is 365 g/mol. The summed E-state index contributed by atoms with van der Waals surface area (Å²) in [6, 6.07) is 0. The molecule has 0 radical (unpaired) electrons. The summed E-state index contributed by atoms with van der Waals surface area (Å²) < 4.78 is 0. The number of fused-ring (bicyclic) bond motifs is 5. The molecule has 148 valence electrons. The van der Waals surface area contributed by atoms with Crippen LogP contribution in [0.1, 0.15) is 72.1 Å². The van der Waals surface area contributed by atoms with Crippen molar-refractivity contribution in [3.8, 4) is 0 Å². The highest BCUT2D eigenvalue weighted by Crippen LogP contribution is 2.68. The molecule has 4 saturated carbocycles. The van der Waals surface area contributed by atoms with Gasteiger partial charge >= 0.3 is 5.97 Å². The summed E-state index contributed by atoms with van der Waals surface area (Å²) in [5.41, 5.74) is 0.290. The Hall–Kier alpha value is -0.610. The van der Waals surface area contributed by atoms with Crippen molar-refractivity contribution in [2.24, 2.45) is 46.3 Å². The van der Waals surface area contributed by atoms with Gasteiger partial charge in [-0.05, 0) is 91.8 Å². The van der Waals surface area contributed by atoms with Gasteiger partial charge in [0.2, 0.25) is 0 Å². The van der Waals surface area contributed by atoms with E-state index >= 15 is 0 Å². The highest BCUT2D eigenvalue weighted by atomic mass is 16.4. The number of aliphatic hydroxyl groups is 2. The van der Waals surface area contributed by atoms with Crippen LogP contribution in [0.15, 0.2) is 0 Å². The maximum absolute atomic E-state index is 11.6. The van der Waals surface area contributed by atoms with Crippen molar-refractivity contribution in [2.75, 3.05) is 0 Å². The molecular formula is C22H36O4. The van der Waals surface area contributed by atoms with Gasteiger partial charge in [-0.2, -0.15) is 0 Å². The zero-order chi connectivity index (χ0) is 18.9. The standard InChI is InChI=1S/C22H36O4/c1-12(20(25)26)15-4-5-16-19-17(7-9-22(15,16)3)21(2)8-6-14(23)10-13(21)11-18(19)24/h12-19,23-24H,4-11H2,1-3H3,(H,25,26)/t12-,13-,14+,15+,16-,17-,18+,19-,21-,22+/m0/s1. The highest BCUT2D eigenvalue weighted by molar-refractivity contribution is 5.70. The van der Waals surface area contributed by atoms with Crippen molar-refractivity contribution < 1.29 is 20.1 Å². The molecule has 26 heavy (non-hydrogen) atoms. The second-order valence-electron chi connectivity index (χ2n) is 10.6. The van der Waals surface area contributed by atoms with Crippen molar-refractivity contribution in [1.82, 2.24) is 0 Å². The highest BCUT2D eigenvalue weighted by Gasteiger charge is 2.63. The first-order chi connectivity index (χ1) is 12.2. The normalized spacial score (nSPS) is 54.7. The summed E-state index contributed by atoms with van der Waals surface area (Å²) in [7, 11) is 0. The van der Waals surface area contributed by atoms with E-state index in [-0.39, 0.29) is 34.9 Å². The fourth-order valence-corrected chi connectivity index (χ4v) is 8.23. The predicted octanol–water partition coefficient (Wildman–Crippen LogP) is 3.70. The van der Waals surface area contributed by atoms with E-state index in [1.807, 2.05) is 6.92 Å². The Kier molecular flexibility index (Phi) is 4.47. The Morgan fingerprint density at radius 1 is 0.962 bits per heavy atom. The maximum Gasteiger partial charge on any atom is 0.306 e. The zero-order valence-corrected chi connectivity index (χ0v) is 16.5. The van der Waals surface area contributed by atoms with Gasteiger partial charge in [-0.25, -0.2) is 0 Å². The Morgan fingerprint density at radius 2 is 1.62 bits per heavy atom. The summed E-state index contributed by atoms with van der Waals surface area (Å²) in [6.45, 7) is 6.61. The SMILES string of the molecule is C[C@H](C(=O)O)[C@H]1CC[C@H]2[C@@H]3[C@H](O)C[C@@H]4C[C@H](O)CC[C@]4(C)[C@H]3CC[C@]12C. The van der Waals surface area contributed by atoms with E-state index in [1.165, 1.54) is 0 Å². The first kappa shape index (κ1) is 18.7. The van der Waals surface area contributed by atoms with Crippen LogP contribution in [0.3, 0.4) is 0 Å². The van der Waals surface area contributed by atoms with Gasteiger partial charge in [-0.15, -0.1) is 0 Å². The molecule has 4 fully saturated rings. The van der Waals surface area contributed by atoms with Gasteiger partial charge in [0.05, 0.1) is 18.1 Å². The van der Waals surface area contributed by atoms with Crippen molar-refractivity contribution in [2.45, 2.75) is 84.3 Å². The molecule has 4 heteroatoms. The van der Waals surface area contributed by atoms with Gasteiger partial charge in [0.25, 0.3) is 0 Å². The number of carboxylic acid groups (broad SMARTS) is 1. The smallest absolute Gasteiger partial charge is 0.306 e. The quantitative estimate of drug-likeness (QED) is 0.698. The summed E-state index contributed by atoms with van der Waals surface area (Å²) >= 11 is 0. The first-order valence-electron chi connectivity index (χ1n) is 10.8. The molecule has 0 aromatic rings. The number of hydrogen-bond donors (Lipinski definition) is 3. The minimum atomic E-state index is -0.670.